The molecule has 1 heterocycles. The van der Waals surface area contributed by atoms with Crippen molar-refractivity contribution in [2.24, 2.45) is 5.92 Å². The fourth-order valence-electron chi connectivity index (χ4n) is 2.61. The van der Waals surface area contributed by atoms with Crippen LogP contribution in [0.4, 0.5) is 0 Å². The number of hydrogen-bond donors (Lipinski definition) is 1. The van der Waals surface area contributed by atoms with E-state index < -0.39 is 11.4 Å². The van der Waals surface area contributed by atoms with Crippen LogP contribution in [0.2, 0.25) is 0 Å². The number of carboxylic acids is 1. The van der Waals surface area contributed by atoms with Crippen LogP contribution in [0.5, 0.6) is 0 Å². The van der Waals surface area contributed by atoms with Gasteiger partial charge in [-0.25, -0.2) is 0 Å². The number of para-hydroxylation sites is 1. The summed E-state index contributed by atoms with van der Waals surface area (Å²) in [7, 11) is 0. The van der Waals surface area contributed by atoms with Crippen molar-refractivity contribution in [1.82, 2.24) is 4.57 Å². The summed E-state index contributed by atoms with van der Waals surface area (Å²) >= 11 is 0. The molecule has 2 aromatic rings. The number of hydrogen-bond acceptors (Lipinski definition) is 1. The number of aromatic nitrogens is 1. The fraction of sp³-hybridized carbons (Fsp3) is 0.438. The Morgan fingerprint density at radius 3 is 2.74 bits per heavy atom. The Kier molecular flexibility index (Phi) is 2.66. The standard InChI is InChI=1S/C16H19NO2/c1-16(2,15(18)19)13-5-3-4-12-8-9-17(14(12)13)10-11-6-7-11/h3-5,8-9,11H,6-7,10H2,1-2H3,(H,18,19). The summed E-state index contributed by atoms with van der Waals surface area (Å²) in [5, 5.41) is 10.6. The van der Waals surface area contributed by atoms with Crippen LogP contribution in [0.25, 0.3) is 10.9 Å². The van der Waals surface area contributed by atoms with E-state index in [0.29, 0.717) is 0 Å². The number of aliphatic carboxylic acids is 1. The van der Waals surface area contributed by atoms with Gasteiger partial charge in [0.15, 0.2) is 0 Å². The van der Waals surface area contributed by atoms with Gasteiger partial charge >= 0.3 is 5.97 Å². The van der Waals surface area contributed by atoms with Crippen molar-refractivity contribution in [3.05, 3.63) is 36.0 Å². The van der Waals surface area contributed by atoms with Crippen LogP contribution < -0.4 is 0 Å². The highest BCUT2D eigenvalue weighted by Crippen LogP contribution is 2.35. The largest absolute Gasteiger partial charge is 0.481 e. The van der Waals surface area contributed by atoms with E-state index in [4.69, 9.17) is 0 Å². The van der Waals surface area contributed by atoms with Crippen molar-refractivity contribution in [3.8, 4) is 0 Å². The van der Waals surface area contributed by atoms with E-state index in [1.807, 2.05) is 12.1 Å². The van der Waals surface area contributed by atoms with Crippen LogP contribution in [0.15, 0.2) is 30.5 Å². The average Bonchev–Trinajstić information content (AvgIpc) is 3.09. The number of benzene rings is 1. The molecule has 0 unspecified atom stereocenters. The molecular weight excluding hydrogens is 238 g/mol. The van der Waals surface area contributed by atoms with Gasteiger partial charge < -0.3 is 9.67 Å². The summed E-state index contributed by atoms with van der Waals surface area (Å²) in [5.41, 5.74) is 1.13. The first-order valence-corrected chi connectivity index (χ1v) is 6.82. The molecule has 100 valence electrons. The third kappa shape index (κ3) is 2.03. The number of carbonyl (C=O) groups is 1. The molecule has 1 aliphatic carbocycles. The van der Waals surface area contributed by atoms with Crippen molar-refractivity contribution < 1.29 is 9.90 Å². The normalized spacial score (nSPS) is 15.9. The van der Waals surface area contributed by atoms with Crippen LogP contribution in [0.1, 0.15) is 32.3 Å². The number of rotatable bonds is 4. The predicted molar refractivity (Wildman–Crippen MR) is 75.3 cm³/mol. The van der Waals surface area contributed by atoms with Gasteiger partial charge in [0.25, 0.3) is 0 Å². The molecule has 1 N–H and O–H groups in total. The monoisotopic (exact) mass is 257 g/mol. The third-order valence-corrected chi connectivity index (χ3v) is 4.15. The maximum absolute atomic E-state index is 11.5. The van der Waals surface area contributed by atoms with E-state index in [9.17, 15) is 9.90 Å². The van der Waals surface area contributed by atoms with E-state index in [1.165, 1.54) is 12.8 Å². The van der Waals surface area contributed by atoms with Crippen LogP contribution in [0.3, 0.4) is 0 Å². The minimum absolute atomic E-state index is 0.775. The second-order valence-corrected chi connectivity index (χ2v) is 6.09. The van der Waals surface area contributed by atoms with E-state index in [1.54, 1.807) is 13.8 Å². The Labute approximate surface area is 112 Å². The molecule has 0 spiro atoms. The van der Waals surface area contributed by atoms with E-state index >= 15 is 0 Å². The van der Waals surface area contributed by atoms with E-state index in [2.05, 4.69) is 22.9 Å². The second kappa shape index (κ2) is 4.12. The average molecular weight is 257 g/mol. The van der Waals surface area contributed by atoms with Crippen molar-refractivity contribution in [2.75, 3.05) is 0 Å². The zero-order chi connectivity index (χ0) is 13.6. The summed E-state index contributed by atoms with van der Waals surface area (Å²) in [4.78, 5) is 11.5. The van der Waals surface area contributed by atoms with Crippen molar-refractivity contribution in [1.29, 1.82) is 0 Å². The van der Waals surface area contributed by atoms with Gasteiger partial charge in [-0.2, -0.15) is 0 Å². The summed E-state index contributed by atoms with van der Waals surface area (Å²) < 4.78 is 2.23. The first-order valence-electron chi connectivity index (χ1n) is 6.82. The van der Waals surface area contributed by atoms with Crippen LogP contribution >= 0.6 is 0 Å². The molecule has 0 bridgehead atoms. The van der Waals surface area contributed by atoms with Gasteiger partial charge in [-0.05, 0) is 49.6 Å². The quantitative estimate of drug-likeness (QED) is 0.912. The Morgan fingerprint density at radius 2 is 2.11 bits per heavy atom. The lowest BCUT2D eigenvalue weighted by molar-refractivity contribution is -0.142. The Morgan fingerprint density at radius 1 is 1.37 bits per heavy atom. The molecule has 0 atom stereocenters. The molecular formula is C16H19NO2. The first kappa shape index (κ1) is 12.3. The molecule has 0 radical (unpaired) electrons. The van der Waals surface area contributed by atoms with Gasteiger partial charge in [-0.1, -0.05) is 18.2 Å². The molecule has 1 aromatic carbocycles. The fourth-order valence-corrected chi connectivity index (χ4v) is 2.61. The second-order valence-electron chi connectivity index (χ2n) is 6.09. The van der Waals surface area contributed by atoms with Crippen LogP contribution in [-0.2, 0) is 16.8 Å². The molecule has 1 fully saturated rings. The minimum Gasteiger partial charge on any atom is -0.481 e. The number of fused-ring (bicyclic) bond motifs is 1. The van der Waals surface area contributed by atoms with Gasteiger partial charge in [0.2, 0.25) is 0 Å². The molecule has 3 rings (SSSR count). The highest BCUT2D eigenvalue weighted by atomic mass is 16.4. The summed E-state index contributed by atoms with van der Waals surface area (Å²) in [6, 6.07) is 8.03. The molecule has 19 heavy (non-hydrogen) atoms. The zero-order valence-corrected chi connectivity index (χ0v) is 11.4. The number of carboxylic acid groups (broad SMARTS) is 1. The molecule has 0 saturated heterocycles. The third-order valence-electron chi connectivity index (χ3n) is 4.15. The van der Waals surface area contributed by atoms with Crippen LogP contribution in [-0.4, -0.2) is 15.6 Å². The Hall–Kier alpha value is -1.77. The predicted octanol–water partition coefficient (Wildman–Crippen LogP) is 3.41. The summed E-state index contributed by atoms with van der Waals surface area (Å²) in [6.07, 6.45) is 4.68. The van der Waals surface area contributed by atoms with Crippen molar-refractivity contribution in [3.63, 3.8) is 0 Å². The molecule has 1 aliphatic rings. The lowest BCUT2D eigenvalue weighted by Gasteiger charge is -2.22. The lowest BCUT2D eigenvalue weighted by atomic mass is 9.83. The summed E-state index contributed by atoms with van der Waals surface area (Å²) in [5.74, 6) is -0.00392. The van der Waals surface area contributed by atoms with E-state index in [0.717, 1.165) is 28.9 Å². The molecule has 3 nitrogen and oxygen atoms in total. The highest BCUT2D eigenvalue weighted by molar-refractivity contribution is 5.91. The van der Waals surface area contributed by atoms with Gasteiger partial charge in [0.1, 0.15) is 0 Å². The maximum Gasteiger partial charge on any atom is 0.313 e. The lowest BCUT2D eigenvalue weighted by Crippen LogP contribution is -2.29. The molecule has 3 heteroatoms. The molecule has 1 aromatic heterocycles. The maximum atomic E-state index is 11.5. The van der Waals surface area contributed by atoms with Crippen molar-refractivity contribution >= 4 is 16.9 Å². The van der Waals surface area contributed by atoms with Gasteiger partial charge in [-0.3, -0.25) is 4.79 Å². The van der Waals surface area contributed by atoms with Gasteiger partial charge in [-0.15, -0.1) is 0 Å². The highest BCUT2D eigenvalue weighted by Gasteiger charge is 2.32. The summed E-state index contributed by atoms with van der Waals surface area (Å²) in [6.45, 7) is 4.56. The van der Waals surface area contributed by atoms with Gasteiger partial charge in [0, 0.05) is 12.7 Å². The van der Waals surface area contributed by atoms with E-state index in [-0.39, 0.29) is 0 Å². The van der Waals surface area contributed by atoms with Crippen molar-refractivity contribution in [2.45, 2.75) is 38.6 Å². The molecule has 0 aliphatic heterocycles. The van der Waals surface area contributed by atoms with Gasteiger partial charge in [0.05, 0.1) is 10.9 Å². The first-order chi connectivity index (χ1) is 9.00. The Balaban J connectivity index is 2.17. The molecule has 0 amide bonds. The molecule has 1 saturated carbocycles. The Bertz CT molecular complexity index is 635. The van der Waals surface area contributed by atoms with Crippen LogP contribution in [0, 0.1) is 5.92 Å². The minimum atomic E-state index is -0.862. The topological polar surface area (TPSA) is 42.2 Å². The zero-order valence-electron chi connectivity index (χ0n) is 11.4. The number of nitrogens with zero attached hydrogens (tertiary/aromatic N) is 1. The SMILES string of the molecule is CC(C)(C(=O)O)c1cccc2ccn(CC3CC3)c12. The smallest absolute Gasteiger partial charge is 0.313 e.